The second kappa shape index (κ2) is 6.04. The van der Waals surface area contributed by atoms with Gasteiger partial charge < -0.3 is 19.9 Å². The number of carbonyl (C=O) groups is 1. The minimum Gasteiger partial charge on any atom is -0.374 e. The SMILES string of the molecule is CN(CCNC(=O)N1CC2C3CCC(O3)C2C1)c1ccccc1. The van der Waals surface area contributed by atoms with E-state index in [1.54, 1.807) is 0 Å². The van der Waals surface area contributed by atoms with E-state index >= 15 is 0 Å². The van der Waals surface area contributed by atoms with Crippen molar-refractivity contribution < 1.29 is 9.53 Å². The summed E-state index contributed by atoms with van der Waals surface area (Å²) >= 11 is 0. The van der Waals surface area contributed by atoms with Gasteiger partial charge in [-0.3, -0.25) is 0 Å². The summed E-state index contributed by atoms with van der Waals surface area (Å²) in [4.78, 5) is 16.5. The Balaban J connectivity index is 1.24. The molecule has 3 heterocycles. The van der Waals surface area contributed by atoms with Gasteiger partial charge in [-0.1, -0.05) is 18.2 Å². The minimum absolute atomic E-state index is 0.0836. The van der Waals surface area contributed by atoms with Gasteiger partial charge in [-0.15, -0.1) is 0 Å². The summed E-state index contributed by atoms with van der Waals surface area (Å²) in [5.74, 6) is 1.15. The van der Waals surface area contributed by atoms with E-state index in [1.165, 1.54) is 18.5 Å². The third kappa shape index (κ3) is 2.78. The number of likely N-dealkylation sites (N-methyl/N-ethyl adjacent to an activating group) is 1. The van der Waals surface area contributed by atoms with Crippen molar-refractivity contribution in [2.45, 2.75) is 25.0 Å². The molecule has 5 nitrogen and oxygen atoms in total. The van der Waals surface area contributed by atoms with Crippen LogP contribution in [0.2, 0.25) is 0 Å². The number of ether oxygens (including phenoxy) is 1. The number of anilines is 1. The summed E-state index contributed by atoms with van der Waals surface area (Å²) in [6.07, 6.45) is 3.19. The fourth-order valence-corrected chi connectivity index (χ4v) is 4.38. The maximum absolute atomic E-state index is 12.4. The molecule has 0 aromatic heterocycles. The summed E-state index contributed by atoms with van der Waals surface area (Å²) in [6, 6.07) is 10.3. The van der Waals surface area contributed by atoms with Crippen molar-refractivity contribution in [3.8, 4) is 0 Å². The van der Waals surface area contributed by atoms with E-state index in [9.17, 15) is 4.79 Å². The molecular weight excluding hydrogens is 290 g/mol. The van der Waals surface area contributed by atoms with E-state index in [0.29, 0.717) is 30.6 Å². The van der Waals surface area contributed by atoms with Gasteiger partial charge in [0.25, 0.3) is 0 Å². The molecule has 3 aliphatic heterocycles. The summed E-state index contributed by atoms with van der Waals surface area (Å²) in [5.41, 5.74) is 1.17. The Hall–Kier alpha value is -1.75. The molecule has 124 valence electrons. The molecule has 2 bridgehead atoms. The molecule has 0 aliphatic carbocycles. The van der Waals surface area contributed by atoms with Crippen LogP contribution in [0.3, 0.4) is 0 Å². The van der Waals surface area contributed by atoms with Crippen LogP contribution in [0, 0.1) is 11.8 Å². The third-order valence-electron chi connectivity index (χ3n) is 5.66. The Bertz CT molecular complexity index is 547. The number of nitrogens with one attached hydrogen (secondary N) is 1. The number of urea groups is 1. The van der Waals surface area contributed by atoms with Crippen LogP contribution in [-0.4, -0.2) is 56.4 Å². The van der Waals surface area contributed by atoms with Crippen molar-refractivity contribution in [3.63, 3.8) is 0 Å². The van der Waals surface area contributed by atoms with E-state index in [2.05, 4.69) is 29.4 Å². The minimum atomic E-state index is 0.0836. The summed E-state index contributed by atoms with van der Waals surface area (Å²) in [5, 5.41) is 3.07. The lowest BCUT2D eigenvalue weighted by Crippen LogP contribution is -2.42. The van der Waals surface area contributed by atoms with Crippen LogP contribution in [0.4, 0.5) is 10.5 Å². The van der Waals surface area contributed by atoms with E-state index in [1.807, 2.05) is 23.1 Å². The third-order valence-corrected chi connectivity index (χ3v) is 5.66. The Kier molecular flexibility index (Phi) is 3.89. The van der Waals surface area contributed by atoms with Crippen LogP contribution in [0.25, 0.3) is 0 Å². The highest BCUT2D eigenvalue weighted by atomic mass is 16.5. The molecule has 23 heavy (non-hydrogen) atoms. The van der Waals surface area contributed by atoms with Crippen LogP contribution >= 0.6 is 0 Å². The zero-order valence-corrected chi connectivity index (χ0v) is 13.6. The molecule has 5 heteroatoms. The normalized spacial score (nSPS) is 31.3. The van der Waals surface area contributed by atoms with Crippen LogP contribution in [0.15, 0.2) is 30.3 Å². The first-order valence-corrected chi connectivity index (χ1v) is 8.67. The zero-order valence-electron chi connectivity index (χ0n) is 13.6. The largest absolute Gasteiger partial charge is 0.374 e. The predicted molar refractivity (Wildman–Crippen MR) is 89.6 cm³/mol. The molecule has 4 atom stereocenters. The van der Waals surface area contributed by atoms with E-state index in [0.717, 1.165) is 19.6 Å². The summed E-state index contributed by atoms with van der Waals surface area (Å²) in [7, 11) is 2.05. The van der Waals surface area contributed by atoms with Crippen molar-refractivity contribution in [2.24, 2.45) is 11.8 Å². The van der Waals surface area contributed by atoms with Gasteiger partial charge in [0.1, 0.15) is 0 Å². The molecule has 2 amide bonds. The smallest absolute Gasteiger partial charge is 0.317 e. The number of amides is 2. The Labute approximate surface area is 137 Å². The average Bonchev–Trinajstić information content (AvgIpc) is 3.28. The molecule has 3 fully saturated rings. The van der Waals surface area contributed by atoms with E-state index in [-0.39, 0.29) is 6.03 Å². The zero-order chi connectivity index (χ0) is 15.8. The maximum Gasteiger partial charge on any atom is 0.317 e. The van der Waals surface area contributed by atoms with Gasteiger partial charge in [-0.25, -0.2) is 4.79 Å². The van der Waals surface area contributed by atoms with Crippen molar-refractivity contribution in [3.05, 3.63) is 30.3 Å². The van der Waals surface area contributed by atoms with Gasteiger partial charge in [0, 0.05) is 50.7 Å². The van der Waals surface area contributed by atoms with Crippen LogP contribution < -0.4 is 10.2 Å². The van der Waals surface area contributed by atoms with Crippen molar-refractivity contribution in [1.29, 1.82) is 0 Å². The van der Waals surface area contributed by atoms with Gasteiger partial charge in [-0.2, -0.15) is 0 Å². The Morgan fingerprint density at radius 1 is 1.22 bits per heavy atom. The number of nitrogens with zero attached hydrogens (tertiary/aromatic N) is 2. The molecule has 4 unspecified atom stereocenters. The number of fused-ring (bicyclic) bond motifs is 5. The van der Waals surface area contributed by atoms with Gasteiger partial charge in [-0.05, 0) is 25.0 Å². The fraction of sp³-hybridized carbons (Fsp3) is 0.611. The van der Waals surface area contributed by atoms with Crippen LogP contribution in [-0.2, 0) is 4.74 Å². The molecule has 1 N–H and O–H groups in total. The van der Waals surface area contributed by atoms with E-state index < -0.39 is 0 Å². The topological polar surface area (TPSA) is 44.8 Å². The molecule has 1 aromatic rings. The molecule has 3 aliphatic rings. The molecule has 0 spiro atoms. The molecule has 0 radical (unpaired) electrons. The van der Waals surface area contributed by atoms with Crippen molar-refractivity contribution >= 4 is 11.7 Å². The molecule has 4 rings (SSSR count). The number of para-hydroxylation sites is 1. The molecule has 1 aromatic carbocycles. The lowest BCUT2D eigenvalue weighted by atomic mass is 9.82. The second-order valence-electron chi connectivity index (χ2n) is 7.01. The fourth-order valence-electron chi connectivity index (χ4n) is 4.38. The van der Waals surface area contributed by atoms with Gasteiger partial charge in [0.05, 0.1) is 12.2 Å². The van der Waals surface area contributed by atoms with Crippen molar-refractivity contribution in [1.82, 2.24) is 10.2 Å². The summed E-state index contributed by atoms with van der Waals surface area (Å²) in [6.45, 7) is 3.21. The molecule has 0 saturated carbocycles. The Morgan fingerprint density at radius 3 is 2.52 bits per heavy atom. The predicted octanol–water partition coefficient (Wildman–Crippen LogP) is 1.94. The Morgan fingerprint density at radius 2 is 1.87 bits per heavy atom. The lowest BCUT2D eigenvalue weighted by Gasteiger charge is -2.22. The van der Waals surface area contributed by atoms with Gasteiger partial charge >= 0.3 is 6.03 Å². The average molecular weight is 315 g/mol. The van der Waals surface area contributed by atoms with E-state index in [4.69, 9.17) is 4.74 Å². The lowest BCUT2D eigenvalue weighted by molar-refractivity contribution is 0.0739. The number of benzene rings is 1. The second-order valence-corrected chi connectivity index (χ2v) is 7.01. The first-order chi connectivity index (χ1) is 11.2. The quantitative estimate of drug-likeness (QED) is 0.923. The number of carbonyl (C=O) groups excluding carboxylic acids is 1. The van der Waals surface area contributed by atoms with Crippen LogP contribution in [0.5, 0.6) is 0 Å². The van der Waals surface area contributed by atoms with Crippen LogP contribution in [0.1, 0.15) is 12.8 Å². The first kappa shape index (κ1) is 14.8. The number of rotatable bonds is 4. The van der Waals surface area contributed by atoms with Gasteiger partial charge in [0.2, 0.25) is 0 Å². The molecule has 3 saturated heterocycles. The monoisotopic (exact) mass is 315 g/mol. The molecular formula is C18H25N3O2. The highest BCUT2D eigenvalue weighted by Gasteiger charge is 2.53. The first-order valence-electron chi connectivity index (χ1n) is 8.67. The highest BCUT2D eigenvalue weighted by molar-refractivity contribution is 5.74. The van der Waals surface area contributed by atoms with Gasteiger partial charge in [0.15, 0.2) is 0 Å². The highest BCUT2D eigenvalue weighted by Crippen LogP contribution is 2.47. The standard InChI is InChI=1S/C18H25N3O2/c1-20(13-5-3-2-4-6-13)10-9-19-18(22)21-11-14-15(12-21)17-8-7-16(14)23-17/h2-6,14-17H,7-12H2,1H3,(H,19,22). The van der Waals surface area contributed by atoms with Crippen molar-refractivity contribution in [2.75, 3.05) is 38.1 Å². The number of hydrogen-bond acceptors (Lipinski definition) is 3. The number of likely N-dealkylation sites (tertiary alicyclic amines) is 1. The number of hydrogen-bond donors (Lipinski definition) is 1. The maximum atomic E-state index is 12.4. The summed E-state index contributed by atoms with van der Waals surface area (Å²) < 4.78 is 5.96.